The Labute approximate surface area is 262 Å². The molecule has 0 saturated heterocycles. The second-order valence-corrected chi connectivity index (χ2v) is 13.2. The summed E-state index contributed by atoms with van der Waals surface area (Å²) >= 11 is 0. The molecule has 2 heterocycles. The molecule has 0 spiro atoms. The number of rotatable bonds is 5. The maximum atomic E-state index is 4.99. The number of hydrogen-bond donors (Lipinski definition) is 0. The van der Waals surface area contributed by atoms with Crippen LogP contribution in [0.4, 0.5) is 0 Å². The molecular formula is C42H40N2. The highest BCUT2D eigenvalue weighted by Crippen LogP contribution is 2.37. The van der Waals surface area contributed by atoms with Crippen LogP contribution in [0, 0.1) is 27.7 Å². The summed E-state index contributed by atoms with van der Waals surface area (Å²) < 4.78 is 0. The molecule has 4 aromatic carbocycles. The predicted molar refractivity (Wildman–Crippen MR) is 187 cm³/mol. The van der Waals surface area contributed by atoms with Gasteiger partial charge in [0.25, 0.3) is 0 Å². The molecule has 0 aliphatic carbocycles. The summed E-state index contributed by atoms with van der Waals surface area (Å²) in [5, 5.41) is 0. The third kappa shape index (κ3) is 6.12. The van der Waals surface area contributed by atoms with E-state index in [0.717, 1.165) is 28.1 Å². The summed E-state index contributed by atoms with van der Waals surface area (Å²) in [4.78, 5) is 9.88. The SMILES string of the molecule is Cc1cc(C)cc(-c2ccccc2-c2ccc(-c3ccc(-c4cc(C(C)(C)C)ccc4-c4cc(C)cc(C)c4)nc3)nc2)c1. The molecule has 0 saturated carbocycles. The Balaban J connectivity index is 1.34. The second-order valence-electron chi connectivity index (χ2n) is 13.2. The molecule has 0 N–H and O–H groups in total. The van der Waals surface area contributed by atoms with Crippen LogP contribution in [0.15, 0.2) is 116 Å². The first-order valence-electron chi connectivity index (χ1n) is 15.4. The molecule has 0 unspecified atom stereocenters. The predicted octanol–water partition coefficient (Wildman–Crippen LogP) is 11.3. The molecule has 6 rings (SSSR count). The fourth-order valence-electron chi connectivity index (χ4n) is 6.15. The smallest absolute Gasteiger partial charge is 0.0717 e. The molecule has 0 aliphatic heterocycles. The van der Waals surface area contributed by atoms with Gasteiger partial charge in [-0.2, -0.15) is 0 Å². The van der Waals surface area contributed by atoms with Crippen molar-refractivity contribution in [2.24, 2.45) is 0 Å². The molecule has 0 atom stereocenters. The number of nitrogens with zero attached hydrogens (tertiary/aromatic N) is 2. The van der Waals surface area contributed by atoms with Crippen molar-refractivity contribution in [3.63, 3.8) is 0 Å². The first kappa shape index (κ1) is 29.3. The molecule has 2 nitrogen and oxygen atoms in total. The largest absolute Gasteiger partial charge is 0.256 e. The Morgan fingerprint density at radius 1 is 0.409 bits per heavy atom. The molecule has 0 aliphatic rings. The molecule has 0 bridgehead atoms. The van der Waals surface area contributed by atoms with Crippen molar-refractivity contribution in [2.45, 2.75) is 53.9 Å². The van der Waals surface area contributed by atoms with E-state index in [4.69, 9.17) is 9.97 Å². The number of aromatic nitrogens is 2. The third-order valence-corrected chi connectivity index (χ3v) is 8.29. The fraction of sp³-hybridized carbons (Fsp3) is 0.190. The average Bonchev–Trinajstić information content (AvgIpc) is 2.99. The first-order valence-corrected chi connectivity index (χ1v) is 15.4. The van der Waals surface area contributed by atoms with Gasteiger partial charge >= 0.3 is 0 Å². The molecule has 2 aromatic heterocycles. The summed E-state index contributed by atoms with van der Waals surface area (Å²) in [7, 11) is 0. The van der Waals surface area contributed by atoms with Crippen molar-refractivity contribution >= 4 is 0 Å². The van der Waals surface area contributed by atoms with Crippen LogP contribution in [-0.2, 0) is 5.41 Å². The molecule has 218 valence electrons. The average molecular weight is 573 g/mol. The Hall–Kier alpha value is -4.82. The minimum absolute atomic E-state index is 0.0399. The zero-order chi connectivity index (χ0) is 31.0. The zero-order valence-corrected chi connectivity index (χ0v) is 26.9. The summed E-state index contributed by atoms with van der Waals surface area (Å²) in [5.41, 5.74) is 17.6. The molecule has 6 aromatic rings. The Morgan fingerprint density at radius 2 is 0.886 bits per heavy atom. The van der Waals surface area contributed by atoms with Gasteiger partial charge in [-0.15, -0.1) is 0 Å². The number of hydrogen-bond acceptors (Lipinski definition) is 2. The van der Waals surface area contributed by atoms with Gasteiger partial charge in [0.2, 0.25) is 0 Å². The van der Waals surface area contributed by atoms with E-state index in [1.807, 2.05) is 12.4 Å². The van der Waals surface area contributed by atoms with E-state index < -0.39 is 0 Å². The van der Waals surface area contributed by atoms with Crippen molar-refractivity contribution in [3.05, 3.63) is 143 Å². The second kappa shape index (κ2) is 11.7. The normalized spacial score (nSPS) is 11.5. The topological polar surface area (TPSA) is 25.8 Å². The maximum absolute atomic E-state index is 4.99. The Bertz CT molecular complexity index is 1920. The summed E-state index contributed by atoms with van der Waals surface area (Å²) in [6.45, 7) is 15.4. The molecule has 0 amide bonds. The van der Waals surface area contributed by atoms with Gasteiger partial charge in [-0.3, -0.25) is 9.97 Å². The lowest BCUT2D eigenvalue weighted by molar-refractivity contribution is 0.590. The fourth-order valence-corrected chi connectivity index (χ4v) is 6.15. The highest BCUT2D eigenvalue weighted by atomic mass is 14.7. The van der Waals surface area contributed by atoms with Crippen molar-refractivity contribution in [1.29, 1.82) is 0 Å². The summed E-state index contributed by atoms with van der Waals surface area (Å²) in [5.74, 6) is 0. The van der Waals surface area contributed by atoms with Crippen LogP contribution in [0.2, 0.25) is 0 Å². The monoisotopic (exact) mass is 572 g/mol. The van der Waals surface area contributed by atoms with Crippen LogP contribution in [0.25, 0.3) is 55.9 Å². The molecule has 44 heavy (non-hydrogen) atoms. The molecule has 2 heteroatoms. The minimum Gasteiger partial charge on any atom is -0.256 e. The van der Waals surface area contributed by atoms with Crippen LogP contribution in [0.5, 0.6) is 0 Å². The van der Waals surface area contributed by atoms with Crippen LogP contribution in [-0.4, -0.2) is 9.97 Å². The Morgan fingerprint density at radius 3 is 1.39 bits per heavy atom. The molecule has 0 radical (unpaired) electrons. The van der Waals surface area contributed by atoms with E-state index in [0.29, 0.717) is 0 Å². The van der Waals surface area contributed by atoms with E-state index in [9.17, 15) is 0 Å². The number of aryl methyl sites for hydroxylation is 4. The van der Waals surface area contributed by atoms with Crippen molar-refractivity contribution in [2.75, 3.05) is 0 Å². The third-order valence-electron chi connectivity index (χ3n) is 8.29. The highest BCUT2D eigenvalue weighted by Gasteiger charge is 2.18. The zero-order valence-electron chi connectivity index (χ0n) is 26.9. The first-order chi connectivity index (χ1) is 21.0. The van der Waals surface area contributed by atoms with E-state index in [-0.39, 0.29) is 5.41 Å². The van der Waals surface area contributed by atoms with E-state index in [2.05, 4.69) is 152 Å². The van der Waals surface area contributed by atoms with Crippen LogP contribution in [0.1, 0.15) is 48.6 Å². The van der Waals surface area contributed by atoms with Gasteiger partial charge in [0.15, 0.2) is 0 Å². The Kier molecular flexibility index (Phi) is 7.78. The summed E-state index contributed by atoms with van der Waals surface area (Å²) in [6, 6.07) is 37.4. The van der Waals surface area contributed by atoms with Crippen LogP contribution < -0.4 is 0 Å². The van der Waals surface area contributed by atoms with Gasteiger partial charge in [-0.25, -0.2) is 0 Å². The van der Waals surface area contributed by atoms with Crippen LogP contribution >= 0.6 is 0 Å². The number of pyridine rings is 2. The van der Waals surface area contributed by atoms with Gasteiger partial charge in [0.1, 0.15) is 0 Å². The quantitative estimate of drug-likeness (QED) is 0.205. The van der Waals surface area contributed by atoms with Gasteiger partial charge in [0, 0.05) is 29.1 Å². The van der Waals surface area contributed by atoms with E-state index in [1.165, 1.54) is 55.6 Å². The van der Waals surface area contributed by atoms with E-state index in [1.54, 1.807) is 0 Å². The van der Waals surface area contributed by atoms with Gasteiger partial charge in [0.05, 0.1) is 11.4 Å². The lowest BCUT2D eigenvalue weighted by Gasteiger charge is -2.22. The highest BCUT2D eigenvalue weighted by molar-refractivity contribution is 5.85. The van der Waals surface area contributed by atoms with Gasteiger partial charge < -0.3 is 0 Å². The molecular weight excluding hydrogens is 532 g/mol. The van der Waals surface area contributed by atoms with Crippen molar-refractivity contribution in [1.82, 2.24) is 9.97 Å². The molecule has 0 fully saturated rings. The van der Waals surface area contributed by atoms with Crippen molar-refractivity contribution < 1.29 is 0 Å². The lowest BCUT2D eigenvalue weighted by Crippen LogP contribution is -2.11. The van der Waals surface area contributed by atoms with Gasteiger partial charge in [-0.1, -0.05) is 122 Å². The van der Waals surface area contributed by atoms with Crippen molar-refractivity contribution in [3.8, 4) is 55.9 Å². The lowest BCUT2D eigenvalue weighted by atomic mass is 9.83. The van der Waals surface area contributed by atoms with E-state index >= 15 is 0 Å². The van der Waals surface area contributed by atoms with Crippen LogP contribution in [0.3, 0.4) is 0 Å². The summed E-state index contributed by atoms with van der Waals surface area (Å²) in [6.07, 6.45) is 3.94. The number of benzene rings is 4. The van der Waals surface area contributed by atoms with Gasteiger partial charge in [-0.05, 0) is 90.8 Å². The maximum Gasteiger partial charge on any atom is 0.0717 e. The minimum atomic E-state index is 0.0399. The standard InChI is InChI=1S/C42H40N2/c1-27-18-28(2)21-33(20-27)37-11-9-8-10-36(37)31-12-16-40(43-25-31)32-13-17-41(44-26-32)39-24-35(42(5,6)7)14-15-38(39)34-22-29(3)19-30(4)23-34/h8-26H,1-7H3.